The maximum Gasteiger partial charge on any atom is 0.0355 e. The molecule has 0 radical (unpaired) electrons. The van der Waals surface area contributed by atoms with E-state index in [0.717, 1.165) is 0 Å². The van der Waals surface area contributed by atoms with Crippen molar-refractivity contribution in [3.63, 3.8) is 0 Å². The van der Waals surface area contributed by atoms with Crippen LogP contribution in [0.3, 0.4) is 0 Å². The zero-order valence-electron chi connectivity index (χ0n) is 39.9. The maximum atomic E-state index is 2.55. The van der Waals surface area contributed by atoms with Crippen LogP contribution in [-0.2, 0) is 0 Å². The van der Waals surface area contributed by atoms with Crippen LogP contribution in [-0.4, -0.2) is 0 Å². The highest BCUT2D eigenvalue weighted by Gasteiger charge is 2.27. The standard InChI is InChI=1S/C72H40S2/c1-5-17-49-45(13-1)46-14-2-6-18-50(46)60-38-64-54-30-26-42(44-28-32-72-68(36-44)56-22-10-12-24-70(56)74-72)34-58(54)66-40-62-52-20-8-4-16-48(52)47-15-3-7-19-51(47)61(62)39-65(66)57-33-41(25-29-53(57)63(64)37-59(49)60)43-27-31-71-67(35-43)55-21-9-11-23-69(55)73-71/h1-40H. The van der Waals surface area contributed by atoms with Gasteiger partial charge in [0.2, 0.25) is 0 Å². The summed E-state index contributed by atoms with van der Waals surface area (Å²) in [5.74, 6) is 0. The normalized spacial score (nSPS) is 12.3. The minimum Gasteiger partial charge on any atom is -0.135 e. The number of benzene rings is 14. The van der Waals surface area contributed by atoms with Gasteiger partial charge in [-0.1, -0.05) is 170 Å². The molecule has 0 unspecified atom stereocenters. The van der Waals surface area contributed by atoms with Gasteiger partial charge in [0.15, 0.2) is 0 Å². The first-order chi connectivity index (χ1) is 36.7. The monoisotopic (exact) mass is 968 g/mol. The summed E-state index contributed by atoms with van der Waals surface area (Å²) in [6, 6.07) is 92.6. The topological polar surface area (TPSA) is 0 Å². The van der Waals surface area contributed by atoms with Crippen LogP contribution in [0.15, 0.2) is 243 Å². The van der Waals surface area contributed by atoms with E-state index in [1.165, 1.54) is 172 Å². The lowest BCUT2D eigenvalue weighted by Gasteiger charge is -2.26. The van der Waals surface area contributed by atoms with Crippen LogP contribution in [0, 0.1) is 0 Å². The van der Waals surface area contributed by atoms with Crippen molar-refractivity contribution in [2.45, 2.75) is 0 Å². The van der Waals surface area contributed by atoms with Gasteiger partial charge in [0, 0.05) is 40.3 Å². The van der Waals surface area contributed by atoms with E-state index in [0.29, 0.717) is 0 Å². The van der Waals surface area contributed by atoms with Gasteiger partial charge >= 0.3 is 0 Å². The molecule has 2 aromatic heterocycles. The second-order valence-corrected chi connectivity index (χ2v) is 22.4. The predicted octanol–water partition coefficient (Wildman–Crippen LogP) is 21.7. The van der Waals surface area contributed by atoms with Crippen LogP contribution in [0.1, 0.15) is 0 Å². The fraction of sp³-hybridized carbons (Fsp3) is 0. The molecule has 2 heteroatoms. The molecule has 0 saturated carbocycles. The lowest BCUT2D eigenvalue weighted by atomic mass is 9.77. The van der Waals surface area contributed by atoms with Crippen LogP contribution >= 0.6 is 22.7 Å². The van der Waals surface area contributed by atoms with E-state index < -0.39 is 0 Å². The lowest BCUT2D eigenvalue weighted by molar-refractivity contribution is 1.54. The third kappa shape index (κ3) is 5.78. The highest BCUT2D eigenvalue weighted by molar-refractivity contribution is 7.26. The third-order valence-corrected chi connectivity index (χ3v) is 18.7. The SMILES string of the molecule is c1ccc2c(c1)sc1ccc(-c3ccc4c(c3)-c3cc5c6ccccc6c6ccccc6c5cc3-c3cc(-c5ccc6sc7ccccc7c6c5)ccc3-c3cc5c6ccccc6c6ccccc6c5cc3-4)cc12. The minimum absolute atomic E-state index is 1.21. The summed E-state index contributed by atoms with van der Waals surface area (Å²) >= 11 is 3.75. The van der Waals surface area contributed by atoms with Crippen molar-refractivity contribution in [2.24, 2.45) is 0 Å². The van der Waals surface area contributed by atoms with Crippen molar-refractivity contribution < 1.29 is 0 Å². The van der Waals surface area contributed by atoms with E-state index in [-0.39, 0.29) is 0 Å². The Morgan fingerprint density at radius 1 is 0.149 bits per heavy atom. The Bertz CT molecular complexity index is 4820. The predicted molar refractivity (Wildman–Crippen MR) is 323 cm³/mol. The van der Waals surface area contributed by atoms with E-state index >= 15 is 0 Å². The number of hydrogen-bond donors (Lipinski definition) is 0. The molecular formula is C72H40S2. The second-order valence-electron chi connectivity index (χ2n) is 20.2. The molecule has 340 valence electrons. The molecule has 0 nitrogen and oxygen atoms in total. The maximum absolute atomic E-state index is 2.55. The molecule has 0 spiro atoms. The van der Waals surface area contributed by atoms with Crippen LogP contribution < -0.4 is 0 Å². The van der Waals surface area contributed by atoms with Crippen LogP contribution in [0.2, 0.25) is 0 Å². The number of fused-ring (bicyclic) bond motifs is 26. The van der Waals surface area contributed by atoms with E-state index in [1.807, 2.05) is 22.7 Å². The van der Waals surface area contributed by atoms with Crippen molar-refractivity contribution in [3.05, 3.63) is 243 Å². The Morgan fingerprint density at radius 3 is 0.743 bits per heavy atom. The Kier molecular flexibility index (Phi) is 8.41. The second kappa shape index (κ2) is 15.3. The van der Waals surface area contributed by atoms with Crippen LogP contribution in [0.5, 0.6) is 0 Å². The van der Waals surface area contributed by atoms with Gasteiger partial charge in [0.05, 0.1) is 0 Å². The Labute approximate surface area is 434 Å². The zero-order chi connectivity index (χ0) is 48.2. The fourth-order valence-corrected chi connectivity index (χ4v) is 15.1. The average molecular weight is 969 g/mol. The molecule has 16 aromatic rings. The highest BCUT2D eigenvalue weighted by Crippen LogP contribution is 2.54. The first-order valence-electron chi connectivity index (χ1n) is 25.5. The molecule has 1 aliphatic carbocycles. The van der Waals surface area contributed by atoms with Crippen LogP contribution in [0.25, 0.3) is 172 Å². The van der Waals surface area contributed by atoms with Crippen molar-refractivity contribution in [1.82, 2.24) is 0 Å². The average Bonchev–Trinajstić information content (AvgIpc) is 4.04. The Hall–Kier alpha value is -8.92. The van der Waals surface area contributed by atoms with Gasteiger partial charge in [-0.15, -0.1) is 22.7 Å². The van der Waals surface area contributed by atoms with E-state index in [2.05, 4.69) is 243 Å². The zero-order valence-corrected chi connectivity index (χ0v) is 41.5. The van der Waals surface area contributed by atoms with Crippen LogP contribution in [0.4, 0.5) is 0 Å². The van der Waals surface area contributed by atoms with E-state index in [4.69, 9.17) is 0 Å². The summed E-state index contributed by atoms with van der Waals surface area (Å²) in [5, 5.41) is 20.6. The molecule has 0 N–H and O–H groups in total. The molecule has 0 amide bonds. The molecule has 0 fully saturated rings. The Balaban J connectivity index is 1.03. The fourth-order valence-electron chi connectivity index (χ4n) is 13.0. The van der Waals surface area contributed by atoms with Gasteiger partial charge < -0.3 is 0 Å². The third-order valence-electron chi connectivity index (χ3n) is 16.4. The molecule has 14 aromatic carbocycles. The highest BCUT2D eigenvalue weighted by atomic mass is 32.1. The number of thiophene rings is 2. The first-order valence-corrected chi connectivity index (χ1v) is 27.2. The minimum atomic E-state index is 1.21. The Morgan fingerprint density at radius 2 is 0.392 bits per heavy atom. The molecule has 0 aliphatic heterocycles. The number of rotatable bonds is 2. The lowest BCUT2D eigenvalue weighted by Crippen LogP contribution is -2.00. The van der Waals surface area contributed by atoms with Gasteiger partial charge in [-0.25, -0.2) is 0 Å². The number of hydrogen-bond acceptors (Lipinski definition) is 2. The summed E-state index contributed by atoms with van der Waals surface area (Å²) in [7, 11) is 0. The van der Waals surface area contributed by atoms with Crippen molar-refractivity contribution >= 4 is 128 Å². The quantitative estimate of drug-likeness (QED) is 0.151. The van der Waals surface area contributed by atoms with Gasteiger partial charge in [-0.2, -0.15) is 0 Å². The summed E-state index contributed by atoms with van der Waals surface area (Å²) < 4.78 is 5.28. The summed E-state index contributed by atoms with van der Waals surface area (Å²) in [4.78, 5) is 0. The molecule has 1 aliphatic rings. The summed E-state index contributed by atoms with van der Waals surface area (Å²) in [6.45, 7) is 0. The molecule has 0 bridgehead atoms. The van der Waals surface area contributed by atoms with Crippen molar-refractivity contribution in [3.8, 4) is 66.8 Å². The molecule has 74 heavy (non-hydrogen) atoms. The van der Waals surface area contributed by atoms with Gasteiger partial charge in [-0.3, -0.25) is 0 Å². The largest absolute Gasteiger partial charge is 0.135 e. The summed E-state index contributed by atoms with van der Waals surface area (Å²) in [6.07, 6.45) is 0. The summed E-state index contributed by atoms with van der Waals surface area (Å²) in [5.41, 5.74) is 14.8. The van der Waals surface area contributed by atoms with E-state index in [1.54, 1.807) is 0 Å². The molecule has 17 rings (SSSR count). The van der Waals surface area contributed by atoms with Gasteiger partial charge in [-0.05, 0) is 204 Å². The first kappa shape index (κ1) is 40.7. The molecule has 0 saturated heterocycles. The van der Waals surface area contributed by atoms with Gasteiger partial charge in [0.1, 0.15) is 0 Å². The van der Waals surface area contributed by atoms with E-state index in [9.17, 15) is 0 Å². The van der Waals surface area contributed by atoms with Crippen molar-refractivity contribution in [2.75, 3.05) is 0 Å². The molecule has 2 heterocycles. The molecular weight excluding hydrogens is 929 g/mol. The molecule has 0 atom stereocenters. The van der Waals surface area contributed by atoms with Crippen molar-refractivity contribution in [1.29, 1.82) is 0 Å². The van der Waals surface area contributed by atoms with Gasteiger partial charge in [0.25, 0.3) is 0 Å². The smallest absolute Gasteiger partial charge is 0.0355 e.